The van der Waals surface area contributed by atoms with E-state index in [4.69, 9.17) is 75.8 Å². The maximum absolute atomic E-state index is 13.7. The van der Waals surface area contributed by atoms with Gasteiger partial charge in [0.2, 0.25) is 11.8 Å². The average molecular weight is 1660 g/mol. The molecule has 42 nitrogen and oxygen atoms in total. The maximum Gasteiger partial charge on any atom is 0.238 e. The fraction of sp³-hybridized carbons (Fsp3) is 0.937. The molecule has 0 aliphatic carbocycles. The van der Waals surface area contributed by atoms with Gasteiger partial charge in [-0.2, -0.15) is 48.8 Å². The normalized spacial score (nSPS) is 43.0. The third-order valence-corrected chi connectivity index (χ3v) is 22.2. The van der Waals surface area contributed by atoms with Crippen molar-refractivity contribution in [3.8, 4) is 0 Å². The number of ether oxygens (including phenoxy) is 16. The molecule has 21 aliphatic heterocycles. The molecule has 37 atom stereocenters. The van der Waals surface area contributed by atoms with Gasteiger partial charge in [0.25, 0.3) is 0 Å². The first kappa shape index (κ1) is 92.7. The zero-order valence-corrected chi connectivity index (χ0v) is 62.8. The Labute approximate surface area is 644 Å². The van der Waals surface area contributed by atoms with Crippen LogP contribution in [0.2, 0.25) is 0 Å². The van der Waals surface area contributed by atoms with Crippen LogP contribution in [0.4, 0.5) is 0 Å². The number of hydrogen-bond acceptors (Lipinski definition) is 44. The lowest BCUT2D eigenvalue weighted by Gasteiger charge is -2.50. The minimum Gasteiger partial charge on any atom is -0.394 e. The molecule has 22 N–H and O–H groups in total. The Hall–Kier alpha value is -1.76. The Kier molecular flexibility index (Phi) is 38.0. The van der Waals surface area contributed by atoms with E-state index < -0.39 is 278 Å². The van der Waals surface area contributed by atoms with Gasteiger partial charge in [-0.3, -0.25) is 19.2 Å². The Morgan fingerprint density at radius 3 is 0.908 bits per heavy atom. The minimum absolute atomic E-state index is 0.0103. The molecule has 46 heteroatoms. The molecule has 0 radical (unpaired) electrons. The number of rotatable bonds is 31. The lowest BCUT2D eigenvalue weighted by atomic mass is 9.95. The first-order valence-electron chi connectivity index (χ1n) is 35.6. The van der Waals surface area contributed by atoms with Crippen molar-refractivity contribution in [2.45, 2.75) is 247 Å². The fourth-order valence-corrected chi connectivity index (χ4v) is 15.9. The average Bonchev–Trinajstić information content (AvgIpc) is 0.804. The zero-order chi connectivity index (χ0) is 79.7. The van der Waals surface area contributed by atoms with Crippen molar-refractivity contribution in [3.63, 3.8) is 0 Å². The number of nitrogens with one attached hydrogen (secondary N) is 3. The summed E-state index contributed by atoms with van der Waals surface area (Å²) in [6.07, 6.45) is -72.0. The van der Waals surface area contributed by atoms with E-state index in [1.165, 1.54) is 14.0 Å². The van der Waals surface area contributed by atoms with Crippen LogP contribution in [0.15, 0.2) is 0 Å². The third kappa shape index (κ3) is 23.6. The second-order valence-electron chi connectivity index (χ2n) is 27.1. The highest BCUT2D eigenvalue weighted by atomic mass is 32.2. The largest absolute Gasteiger partial charge is 0.394 e. The predicted octanol–water partition coefficient (Wildman–Crippen LogP) is -13.1. The van der Waals surface area contributed by atoms with Gasteiger partial charge in [-0.15, -0.1) is 0 Å². The molecule has 14 bridgehead atoms. The molecular formula is C63H107N3O39S4. The van der Waals surface area contributed by atoms with Gasteiger partial charge in [-0.25, -0.2) is 0 Å². The lowest BCUT2D eigenvalue weighted by Crippen LogP contribution is -2.68. The van der Waals surface area contributed by atoms with Crippen molar-refractivity contribution < 1.29 is 192 Å². The fourth-order valence-electron chi connectivity index (χ4n) is 13.3. The van der Waals surface area contributed by atoms with Crippen LogP contribution in [-0.4, -0.2) is 456 Å². The van der Waals surface area contributed by atoms with Crippen LogP contribution in [-0.2, 0) is 95.0 Å². The monoisotopic (exact) mass is 1660 g/mol. The third-order valence-electron chi connectivity index (χ3n) is 19.4. The van der Waals surface area contributed by atoms with Crippen molar-refractivity contribution in [2.24, 2.45) is 5.92 Å². The molecule has 14 unspecified atom stereocenters. The van der Waals surface area contributed by atoms with Crippen molar-refractivity contribution in [1.29, 1.82) is 0 Å². The highest BCUT2D eigenvalue weighted by Crippen LogP contribution is 2.40. The summed E-state index contributed by atoms with van der Waals surface area (Å²) in [6, 6.07) is -0.860. The molecule has 21 heterocycles. The molecule has 21 rings (SSSR count). The van der Waals surface area contributed by atoms with E-state index in [1.807, 2.05) is 0 Å². The predicted molar refractivity (Wildman–Crippen MR) is 370 cm³/mol. The second kappa shape index (κ2) is 44.7. The van der Waals surface area contributed by atoms with Gasteiger partial charge in [-0.1, -0.05) is 0 Å². The highest BCUT2D eigenvalue weighted by molar-refractivity contribution is 7.99. The Balaban J connectivity index is 1.09. The van der Waals surface area contributed by atoms with Crippen LogP contribution in [0.5, 0.6) is 0 Å². The number of amides is 2. The van der Waals surface area contributed by atoms with Crippen molar-refractivity contribution in [3.05, 3.63) is 0 Å². The van der Waals surface area contributed by atoms with Gasteiger partial charge in [0, 0.05) is 66.9 Å². The van der Waals surface area contributed by atoms with Gasteiger partial charge in [-0.05, 0) is 14.0 Å². The summed E-state index contributed by atoms with van der Waals surface area (Å²) < 4.78 is 94.6. The van der Waals surface area contributed by atoms with E-state index in [1.54, 1.807) is 0 Å². The quantitative estimate of drug-likeness (QED) is 0.0226. The number of thioether (sulfide) groups is 2. The molecule has 21 aliphatic rings. The summed E-state index contributed by atoms with van der Waals surface area (Å²) in [5.41, 5.74) is 0. The topological polar surface area (TPSA) is 636 Å². The van der Waals surface area contributed by atoms with Gasteiger partial charge >= 0.3 is 0 Å². The zero-order valence-electron chi connectivity index (χ0n) is 59.4. The smallest absolute Gasteiger partial charge is 0.238 e. The number of likely N-dealkylation sites (N-methyl/N-ethyl adjacent to an activating group) is 1. The molecule has 0 spiro atoms. The highest BCUT2D eigenvalue weighted by Gasteiger charge is 2.60. The van der Waals surface area contributed by atoms with E-state index in [9.17, 15) is 116 Å². The molecule has 0 aromatic carbocycles. The number of carbonyl (C=O) groups is 4. The molecule has 2 amide bonds. The van der Waals surface area contributed by atoms with E-state index in [2.05, 4.69) is 41.2 Å². The van der Waals surface area contributed by atoms with E-state index in [0.717, 1.165) is 23.5 Å². The molecule has 632 valence electrons. The number of thiol groups is 2. The SMILES string of the molecule is CN[C@H](CSCC1O[C@H]2O[C@@H]3C(CO)O[C@H](O[C@@H]4C(CO)O[C@H](O[C@@H]5C(CO)O[C@H](O[C@@H]6C(CSC[C@@H](CC(=O)CCOCCOCCC(C)=O)C(=O)NCCS)O[C@@H](O[C@@H]7C(CO)O[C@H](O[C@@H]8C(CO)O[C@H](O[C@H]1[C@H](O)C2O)C(O)[C@H]8O)C(O)[C@H]7O)C(O)[C@H]6O)C(O)[C@H]5O)C(O)[C@H]4O)C(O)[C@H]3O)C(=O)NCCS. The van der Waals surface area contributed by atoms with Crippen molar-refractivity contribution >= 4 is 72.2 Å². The molecule has 21 saturated heterocycles. The summed E-state index contributed by atoms with van der Waals surface area (Å²) in [5, 5.41) is 227. The summed E-state index contributed by atoms with van der Waals surface area (Å²) >= 11 is 10.2. The summed E-state index contributed by atoms with van der Waals surface area (Å²) in [6.45, 7) is -3.37. The van der Waals surface area contributed by atoms with E-state index in [0.29, 0.717) is 5.75 Å². The summed E-state index contributed by atoms with van der Waals surface area (Å²) in [5.74, 6) is -2.89. The van der Waals surface area contributed by atoms with Crippen LogP contribution in [0.3, 0.4) is 0 Å². The van der Waals surface area contributed by atoms with E-state index >= 15 is 0 Å². The van der Waals surface area contributed by atoms with Crippen LogP contribution < -0.4 is 16.0 Å². The van der Waals surface area contributed by atoms with Gasteiger partial charge < -0.3 is 189 Å². The molecular weight excluding hydrogens is 1550 g/mol. The van der Waals surface area contributed by atoms with E-state index in [-0.39, 0.29) is 93.3 Å². The number of Topliss-reactive ketones (excluding diaryl/α,β-unsaturated/α-hetero) is 2. The van der Waals surface area contributed by atoms with Crippen LogP contribution in [0, 0.1) is 5.92 Å². The molecule has 21 fully saturated rings. The minimum atomic E-state index is -2.29. The van der Waals surface area contributed by atoms with Crippen LogP contribution in [0.1, 0.15) is 26.2 Å². The molecule has 109 heavy (non-hydrogen) atoms. The number of ketones is 2. The van der Waals surface area contributed by atoms with Gasteiger partial charge in [0.1, 0.15) is 170 Å². The Bertz CT molecular complexity index is 2740. The number of aliphatic hydroxyl groups excluding tert-OH is 19. The maximum atomic E-state index is 13.7. The first-order valence-corrected chi connectivity index (χ1v) is 39.2. The van der Waals surface area contributed by atoms with Crippen LogP contribution in [0.25, 0.3) is 0 Å². The second-order valence-corrected chi connectivity index (χ2v) is 30.1. The standard InChI is InChI=1S/C63H107N3O39S4/c1-23(72)3-7-90-9-10-91-8-4-25(73)13-24(55(88)65-5-11-106)19-108-21-32-53-39(79)46(86)62(97-32)102-51-30(17-70)93-59(42(82)35(51)75)101-50-29(16-69)96-61(45(85)38(50)78)105-54-33(22-109-20-26(64-2)56(89)66-6-12-107)98-63(47(87)40(54)80)103-52-31(18-71)94-58(43(83)36(52)76)99-48-27(14-67)92-57(41(81)34(48)74)100-49-28(15-68)95-60(104-53)44(84)37(49)77/h24,26-54,57-64,67-71,74-87,106-107H,3-22H2,1-2H3,(H,65,88)(H,66,89)/t24-,26-,27?,28?,29?,30?,31?,32?,33?,34-,35-,36-,37-,38-,39-,40-,41?,42?,43?,44?,45?,46?,47?,48-,49-,50-,51-,52-,53-,54-,57-,58-,59-,60-,61-,62+,63+/m1/s1. The van der Waals surface area contributed by atoms with Crippen LogP contribution >= 0.6 is 48.8 Å². The number of aliphatic hydroxyl groups is 19. The Morgan fingerprint density at radius 2 is 0.633 bits per heavy atom. The van der Waals surface area contributed by atoms with Crippen molar-refractivity contribution in [2.75, 3.05) is 114 Å². The Morgan fingerprint density at radius 1 is 0.367 bits per heavy atom. The van der Waals surface area contributed by atoms with Gasteiger partial charge in [0.15, 0.2) is 44.0 Å². The number of hydrogen-bond donors (Lipinski definition) is 24. The molecule has 0 aromatic heterocycles. The number of carbonyl (C=O) groups excluding carboxylic acids is 4. The summed E-state index contributed by atoms with van der Waals surface area (Å²) in [4.78, 5) is 51.3. The van der Waals surface area contributed by atoms with Gasteiger partial charge in [0.05, 0.1) is 83.6 Å². The van der Waals surface area contributed by atoms with Crippen molar-refractivity contribution in [1.82, 2.24) is 16.0 Å². The lowest BCUT2D eigenvalue weighted by molar-refractivity contribution is -0.395. The first-order chi connectivity index (χ1) is 52.1. The molecule has 0 saturated carbocycles. The summed E-state index contributed by atoms with van der Waals surface area (Å²) in [7, 11) is 1.50. The molecule has 0 aromatic rings.